The fourth-order valence-electron chi connectivity index (χ4n) is 2.48. The van der Waals surface area contributed by atoms with E-state index in [0.717, 1.165) is 19.1 Å². The minimum absolute atomic E-state index is 0.748. The monoisotopic (exact) mass is 280 g/mol. The predicted octanol–water partition coefficient (Wildman–Crippen LogP) is 6.61. The lowest BCUT2D eigenvalue weighted by atomic mass is 10.1. The van der Waals surface area contributed by atoms with E-state index in [2.05, 4.69) is 19.1 Å². The summed E-state index contributed by atoms with van der Waals surface area (Å²) in [6.07, 6.45) is 25.1. The van der Waals surface area contributed by atoms with Gasteiger partial charge in [-0.05, 0) is 32.1 Å². The van der Waals surface area contributed by atoms with Gasteiger partial charge >= 0.3 is 0 Å². The molecule has 0 fully saturated rings. The molecule has 0 amide bonds. The van der Waals surface area contributed by atoms with Crippen LogP contribution in [-0.4, -0.2) is 6.29 Å². The summed E-state index contributed by atoms with van der Waals surface area (Å²) in [5, 5.41) is 0. The summed E-state index contributed by atoms with van der Waals surface area (Å²) in [6.45, 7) is 2.27. The maximum atomic E-state index is 10.1. The summed E-state index contributed by atoms with van der Waals surface area (Å²) in [4.78, 5) is 10.1. The van der Waals surface area contributed by atoms with E-state index in [0.29, 0.717) is 0 Å². The van der Waals surface area contributed by atoms with Crippen LogP contribution in [0.3, 0.4) is 0 Å². The average Bonchev–Trinajstić information content (AvgIpc) is 2.47. The third kappa shape index (κ3) is 17.4. The second-order valence-electron chi connectivity index (χ2n) is 5.89. The molecule has 1 nitrogen and oxygen atoms in total. The maximum Gasteiger partial charge on any atom is 0.119 e. The van der Waals surface area contributed by atoms with Gasteiger partial charge in [-0.25, -0.2) is 0 Å². The lowest BCUT2D eigenvalue weighted by Crippen LogP contribution is -1.80. The Hall–Kier alpha value is -0.590. The maximum absolute atomic E-state index is 10.1. The van der Waals surface area contributed by atoms with E-state index >= 15 is 0 Å². The molecule has 0 aromatic heterocycles. The van der Waals surface area contributed by atoms with Gasteiger partial charge in [0.05, 0.1) is 0 Å². The minimum atomic E-state index is 0.748. The number of carbonyl (C=O) groups excluding carboxylic acids is 1. The molecule has 1 heteroatoms. The lowest BCUT2D eigenvalue weighted by molar-refractivity contribution is -0.107. The smallest absolute Gasteiger partial charge is 0.119 e. The number of hydrogen-bond acceptors (Lipinski definition) is 1. The van der Waals surface area contributed by atoms with E-state index < -0.39 is 0 Å². The lowest BCUT2D eigenvalue weighted by Gasteiger charge is -1.99. The summed E-state index contributed by atoms with van der Waals surface area (Å²) in [5.41, 5.74) is 0. The van der Waals surface area contributed by atoms with E-state index in [-0.39, 0.29) is 0 Å². The van der Waals surface area contributed by atoms with Crippen LogP contribution in [0, 0.1) is 0 Å². The van der Waals surface area contributed by atoms with E-state index in [1.54, 1.807) is 0 Å². The molecule has 0 rings (SSSR count). The van der Waals surface area contributed by atoms with Gasteiger partial charge in [-0.15, -0.1) is 0 Å². The Labute approximate surface area is 127 Å². The number of carbonyl (C=O) groups is 1. The molecule has 0 saturated heterocycles. The molecule has 0 aromatic carbocycles. The molecule has 0 aliphatic carbocycles. The van der Waals surface area contributed by atoms with Crippen molar-refractivity contribution in [2.24, 2.45) is 0 Å². The fourth-order valence-corrected chi connectivity index (χ4v) is 2.48. The Kier molecular flexibility index (Phi) is 17.9. The van der Waals surface area contributed by atoms with Crippen molar-refractivity contribution in [2.75, 3.05) is 0 Å². The van der Waals surface area contributed by atoms with E-state index in [4.69, 9.17) is 0 Å². The molecular weight excluding hydrogens is 244 g/mol. The summed E-state index contributed by atoms with van der Waals surface area (Å²) in [6, 6.07) is 0. The summed E-state index contributed by atoms with van der Waals surface area (Å²) >= 11 is 0. The van der Waals surface area contributed by atoms with Gasteiger partial charge in [-0.2, -0.15) is 0 Å². The predicted molar refractivity (Wildman–Crippen MR) is 90.1 cm³/mol. The summed E-state index contributed by atoms with van der Waals surface area (Å²) < 4.78 is 0. The Morgan fingerprint density at radius 2 is 0.950 bits per heavy atom. The first-order valence-corrected chi connectivity index (χ1v) is 9.00. The standard InChI is InChI=1S/C19H36O/c1-2-3-4-5-6-7-8-9-10-11-12-13-14-15-16-17-18-19-20/h10-11,19H,2-9,12-18H2,1H3/b11-10-. The van der Waals surface area contributed by atoms with Gasteiger partial charge in [0.15, 0.2) is 0 Å². The van der Waals surface area contributed by atoms with Gasteiger partial charge in [0.1, 0.15) is 6.29 Å². The molecule has 0 atom stereocenters. The number of rotatable bonds is 16. The fraction of sp³-hybridized carbons (Fsp3) is 0.842. The van der Waals surface area contributed by atoms with Gasteiger partial charge in [-0.3, -0.25) is 0 Å². The molecule has 0 aromatic rings. The molecule has 0 aliphatic heterocycles. The highest BCUT2D eigenvalue weighted by Gasteiger charge is 1.90. The highest BCUT2D eigenvalue weighted by Crippen LogP contribution is 2.10. The van der Waals surface area contributed by atoms with Crippen molar-refractivity contribution in [3.63, 3.8) is 0 Å². The van der Waals surface area contributed by atoms with Crippen LogP contribution in [0.5, 0.6) is 0 Å². The largest absolute Gasteiger partial charge is 0.303 e. The molecule has 0 spiro atoms. The minimum Gasteiger partial charge on any atom is -0.303 e. The highest BCUT2D eigenvalue weighted by atomic mass is 16.1. The molecule has 0 N–H and O–H groups in total. The second-order valence-corrected chi connectivity index (χ2v) is 5.89. The van der Waals surface area contributed by atoms with Crippen LogP contribution in [0.15, 0.2) is 12.2 Å². The quantitative estimate of drug-likeness (QED) is 0.176. The first-order chi connectivity index (χ1) is 9.91. The normalized spacial score (nSPS) is 11.2. The van der Waals surface area contributed by atoms with E-state index in [9.17, 15) is 4.79 Å². The number of allylic oxidation sites excluding steroid dienone is 2. The molecule has 0 saturated carbocycles. The molecule has 0 heterocycles. The molecule has 0 aliphatic rings. The van der Waals surface area contributed by atoms with Gasteiger partial charge in [0, 0.05) is 6.42 Å². The van der Waals surface area contributed by atoms with E-state index in [1.807, 2.05) is 0 Å². The average molecular weight is 280 g/mol. The number of aldehydes is 1. The molecule has 20 heavy (non-hydrogen) atoms. The van der Waals surface area contributed by atoms with Crippen LogP contribution < -0.4 is 0 Å². The highest BCUT2D eigenvalue weighted by molar-refractivity contribution is 5.48. The summed E-state index contributed by atoms with van der Waals surface area (Å²) in [7, 11) is 0. The Morgan fingerprint density at radius 3 is 1.40 bits per heavy atom. The van der Waals surface area contributed by atoms with Crippen molar-refractivity contribution in [3.05, 3.63) is 12.2 Å². The summed E-state index contributed by atoms with van der Waals surface area (Å²) in [5.74, 6) is 0. The first-order valence-electron chi connectivity index (χ1n) is 9.00. The molecule has 0 radical (unpaired) electrons. The van der Waals surface area contributed by atoms with Gasteiger partial charge < -0.3 is 4.79 Å². The van der Waals surface area contributed by atoms with E-state index in [1.165, 1.54) is 83.5 Å². The van der Waals surface area contributed by atoms with Crippen LogP contribution in [0.2, 0.25) is 0 Å². The number of hydrogen-bond donors (Lipinski definition) is 0. The molecular formula is C19H36O. The van der Waals surface area contributed by atoms with Gasteiger partial charge in [0.2, 0.25) is 0 Å². The molecule has 0 unspecified atom stereocenters. The van der Waals surface area contributed by atoms with Gasteiger partial charge in [0.25, 0.3) is 0 Å². The number of unbranched alkanes of at least 4 members (excludes halogenated alkanes) is 13. The Bertz CT molecular complexity index is 208. The van der Waals surface area contributed by atoms with Crippen LogP contribution in [-0.2, 0) is 4.79 Å². The first kappa shape index (κ1) is 19.4. The van der Waals surface area contributed by atoms with Crippen LogP contribution in [0.25, 0.3) is 0 Å². The zero-order valence-corrected chi connectivity index (χ0v) is 13.7. The topological polar surface area (TPSA) is 17.1 Å². The van der Waals surface area contributed by atoms with Gasteiger partial charge in [-0.1, -0.05) is 76.9 Å². The van der Waals surface area contributed by atoms with Crippen molar-refractivity contribution in [2.45, 2.75) is 103 Å². The van der Waals surface area contributed by atoms with Crippen molar-refractivity contribution in [1.29, 1.82) is 0 Å². The Morgan fingerprint density at radius 1 is 0.550 bits per heavy atom. The van der Waals surface area contributed by atoms with Crippen molar-refractivity contribution in [1.82, 2.24) is 0 Å². The third-order valence-electron chi connectivity index (χ3n) is 3.83. The van der Waals surface area contributed by atoms with Crippen molar-refractivity contribution in [3.8, 4) is 0 Å². The Balaban J connectivity index is 3.03. The van der Waals surface area contributed by atoms with Crippen LogP contribution in [0.1, 0.15) is 103 Å². The molecule has 0 bridgehead atoms. The zero-order chi connectivity index (χ0) is 14.7. The van der Waals surface area contributed by atoms with Crippen molar-refractivity contribution < 1.29 is 4.79 Å². The molecule has 118 valence electrons. The van der Waals surface area contributed by atoms with Crippen LogP contribution >= 0.6 is 0 Å². The van der Waals surface area contributed by atoms with Crippen molar-refractivity contribution >= 4 is 6.29 Å². The van der Waals surface area contributed by atoms with Crippen LogP contribution in [0.4, 0.5) is 0 Å². The zero-order valence-electron chi connectivity index (χ0n) is 13.7. The SMILES string of the molecule is CCCCCCCCC/C=C\CCCCCCCC=O. The third-order valence-corrected chi connectivity index (χ3v) is 3.83. The second kappa shape index (κ2) is 18.4.